The first-order valence-electron chi connectivity index (χ1n) is 8.56. The number of hydrogen-bond acceptors (Lipinski definition) is 2. The summed E-state index contributed by atoms with van der Waals surface area (Å²) in [5.41, 5.74) is 6.20. The van der Waals surface area contributed by atoms with Gasteiger partial charge in [-0.25, -0.2) is 9.97 Å². The monoisotopic (exact) mass is 329 g/mol. The SMILES string of the molecule is Cc1nc2nc(-c3cn(C(C)C)c4ccccc34)cc2c2[nH][nH]cc12. The molecule has 0 amide bonds. The summed E-state index contributed by atoms with van der Waals surface area (Å²) in [6.07, 6.45) is 4.16. The minimum atomic E-state index is 0.396. The van der Waals surface area contributed by atoms with E-state index in [1.807, 2.05) is 13.1 Å². The van der Waals surface area contributed by atoms with Crippen molar-refractivity contribution in [1.29, 1.82) is 0 Å². The molecule has 0 spiro atoms. The Balaban J connectivity index is 1.83. The van der Waals surface area contributed by atoms with Gasteiger partial charge in [0.25, 0.3) is 0 Å². The van der Waals surface area contributed by atoms with E-state index in [0.717, 1.165) is 38.9 Å². The van der Waals surface area contributed by atoms with E-state index in [1.165, 1.54) is 10.9 Å². The van der Waals surface area contributed by atoms with Gasteiger partial charge in [0.2, 0.25) is 0 Å². The van der Waals surface area contributed by atoms with Crippen LogP contribution in [0.3, 0.4) is 0 Å². The van der Waals surface area contributed by atoms with Gasteiger partial charge in [0.1, 0.15) is 0 Å². The van der Waals surface area contributed by atoms with Crippen LogP contribution >= 0.6 is 0 Å². The minimum Gasteiger partial charge on any atom is -0.344 e. The maximum Gasteiger partial charge on any atom is 0.162 e. The molecule has 124 valence electrons. The van der Waals surface area contributed by atoms with Crippen LogP contribution in [0.15, 0.2) is 42.7 Å². The van der Waals surface area contributed by atoms with Crippen molar-refractivity contribution >= 4 is 32.8 Å². The number of rotatable bonds is 2. The molecule has 5 nitrogen and oxygen atoms in total. The second kappa shape index (κ2) is 4.96. The van der Waals surface area contributed by atoms with E-state index >= 15 is 0 Å². The summed E-state index contributed by atoms with van der Waals surface area (Å²) >= 11 is 0. The van der Waals surface area contributed by atoms with E-state index in [1.54, 1.807) is 0 Å². The largest absolute Gasteiger partial charge is 0.344 e. The third-order valence-electron chi connectivity index (χ3n) is 4.94. The highest BCUT2D eigenvalue weighted by Crippen LogP contribution is 2.35. The summed E-state index contributed by atoms with van der Waals surface area (Å²) in [6.45, 7) is 6.42. The van der Waals surface area contributed by atoms with Crippen molar-refractivity contribution in [3.63, 3.8) is 0 Å². The van der Waals surface area contributed by atoms with Crippen LogP contribution in [0.4, 0.5) is 0 Å². The zero-order valence-corrected chi connectivity index (χ0v) is 14.5. The van der Waals surface area contributed by atoms with Crippen molar-refractivity contribution in [2.24, 2.45) is 0 Å². The molecule has 1 aromatic carbocycles. The number of aromatic amines is 2. The Labute approximate surface area is 144 Å². The van der Waals surface area contributed by atoms with Crippen molar-refractivity contribution in [2.45, 2.75) is 26.8 Å². The summed E-state index contributed by atoms with van der Waals surface area (Å²) < 4.78 is 2.31. The normalized spacial score (nSPS) is 12.2. The minimum absolute atomic E-state index is 0.396. The van der Waals surface area contributed by atoms with Gasteiger partial charge in [0, 0.05) is 45.7 Å². The molecule has 0 saturated carbocycles. The Morgan fingerprint density at radius 1 is 1.04 bits per heavy atom. The number of hydrogen-bond donors (Lipinski definition) is 2. The summed E-state index contributed by atoms with van der Waals surface area (Å²) in [5.74, 6) is 0. The molecule has 0 aliphatic rings. The van der Waals surface area contributed by atoms with Crippen molar-refractivity contribution in [3.05, 3.63) is 48.4 Å². The molecule has 4 aromatic heterocycles. The summed E-state index contributed by atoms with van der Waals surface area (Å²) in [4.78, 5) is 9.52. The zero-order chi connectivity index (χ0) is 17.1. The first kappa shape index (κ1) is 14.3. The van der Waals surface area contributed by atoms with Gasteiger partial charge in [-0.2, -0.15) is 0 Å². The summed E-state index contributed by atoms with van der Waals surface area (Å²) in [6, 6.07) is 11.0. The highest BCUT2D eigenvalue weighted by atomic mass is 15.1. The molecule has 5 heteroatoms. The Kier molecular flexibility index (Phi) is 2.83. The Hall–Kier alpha value is -3.08. The van der Waals surface area contributed by atoms with E-state index in [-0.39, 0.29) is 0 Å². The lowest BCUT2D eigenvalue weighted by Gasteiger charge is -2.08. The van der Waals surface area contributed by atoms with Crippen molar-refractivity contribution < 1.29 is 0 Å². The number of fused-ring (bicyclic) bond motifs is 4. The number of aromatic nitrogens is 5. The molecule has 2 N–H and O–H groups in total. The van der Waals surface area contributed by atoms with E-state index in [4.69, 9.17) is 4.98 Å². The lowest BCUT2D eigenvalue weighted by molar-refractivity contribution is 0.623. The molecule has 5 aromatic rings. The van der Waals surface area contributed by atoms with Crippen LogP contribution in [0.5, 0.6) is 0 Å². The smallest absolute Gasteiger partial charge is 0.162 e. The third kappa shape index (κ3) is 1.95. The fraction of sp³-hybridized carbons (Fsp3) is 0.200. The number of para-hydroxylation sites is 1. The number of H-pyrrole nitrogens is 2. The van der Waals surface area contributed by atoms with Crippen molar-refractivity contribution in [3.8, 4) is 11.3 Å². The molecule has 0 aliphatic heterocycles. The maximum atomic E-state index is 4.84. The molecule has 0 saturated heterocycles. The molecule has 0 bridgehead atoms. The molecular weight excluding hydrogens is 310 g/mol. The van der Waals surface area contributed by atoms with Crippen LogP contribution in [0.25, 0.3) is 44.1 Å². The standard InChI is InChI=1S/C20H19N5/c1-11(2)25-10-16(13-6-4-5-7-18(13)25)17-8-14-19-15(9-21-24-19)12(3)22-20(14)23-17/h4-11,21,24H,1-3H3. The number of benzene rings is 1. The molecule has 0 radical (unpaired) electrons. The molecule has 0 fully saturated rings. The van der Waals surface area contributed by atoms with Gasteiger partial charge in [0.15, 0.2) is 5.65 Å². The van der Waals surface area contributed by atoms with Crippen LogP contribution in [0.2, 0.25) is 0 Å². The van der Waals surface area contributed by atoms with Crippen LogP contribution < -0.4 is 0 Å². The molecule has 4 heterocycles. The lowest BCUT2D eigenvalue weighted by atomic mass is 10.1. The fourth-order valence-corrected chi connectivity index (χ4v) is 3.69. The first-order chi connectivity index (χ1) is 12.1. The average molecular weight is 329 g/mol. The van der Waals surface area contributed by atoms with Gasteiger partial charge in [-0.1, -0.05) is 18.2 Å². The molecule has 0 unspecified atom stereocenters. The van der Waals surface area contributed by atoms with Gasteiger partial charge < -0.3 is 9.67 Å². The first-order valence-corrected chi connectivity index (χ1v) is 8.56. The summed E-state index contributed by atoms with van der Waals surface area (Å²) in [7, 11) is 0. The predicted octanol–water partition coefficient (Wildman–Crippen LogP) is 4.95. The molecule has 0 atom stereocenters. The second-order valence-corrected chi connectivity index (χ2v) is 6.84. The van der Waals surface area contributed by atoms with Crippen molar-refractivity contribution in [1.82, 2.24) is 24.7 Å². The molecular formula is C20H19N5. The predicted molar refractivity (Wildman–Crippen MR) is 102 cm³/mol. The second-order valence-electron chi connectivity index (χ2n) is 6.84. The van der Waals surface area contributed by atoms with Gasteiger partial charge in [-0.3, -0.25) is 5.10 Å². The highest BCUT2D eigenvalue weighted by molar-refractivity contribution is 6.06. The van der Waals surface area contributed by atoms with E-state index in [0.29, 0.717) is 6.04 Å². The Morgan fingerprint density at radius 3 is 2.72 bits per heavy atom. The van der Waals surface area contributed by atoms with Gasteiger partial charge in [-0.15, -0.1) is 0 Å². The molecule has 5 rings (SSSR count). The van der Waals surface area contributed by atoms with E-state index in [9.17, 15) is 0 Å². The quantitative estimate of drug-likeness (QED) is 0.481. The van der Waals surface area contributed by atoms with E-state index < -0.39 is 0 Å². The third-order valence-corrected chi connectivity index (χ3v) is 4.94. The van der Waals surface area contributed by atoms with Gasteiger partial charge >= 0.3 is 0 Å². The van der Waals surface area contributed by atoms with Crippen LogP contribution in [0.1, 0.15) is 25.6 Å². The number of pyridine rings is 1. The Bertz CT molecular complexity index is 1240. The highest BCUT2D eigenvalue weighted by Gasteiger charge is 2.17. The number of aryl methyl sites for hydroxylation is 1. The van der Waals surface area contributed by atoms with E-state index in [2.05, 4.69) is 70.1 Å². The van der Waals surface area contributed by atoms with Crippen LogP contribution in [0, 0.1) is 6.92 Å². The summed E-state index contributed by atoms with van der Waals surface area (Å²) in [5, 5.41) is 9.68. The lowest BCUT2D eigenvalue weighted by Crippen LogP contribution is -1.97. The van der Waals surface area contributed by atoms with Gasteiger partial charge in [-0.05, 0) is 32.9 Å². The number of nitrogens with one attached hydrogen (secondary N) is 2. The molecule has 25 heavy (non-hydrogen) atoms. The van der Waals surface area contributed by atoms with Crippen LogP contribution in [-0.4, -0.2) is 24.7 Å². The number of nitrogens with zero attached hydrogens (tertiary/aromatic N) is 3. The zero-order valence-electron chi connectivity index (χ0n) is 14.5. The topological polar surface area (TPSA) is 62.3 Å². The fourth-order valence-electron chi connectivity index (χ4n) is 3.69. The van der Waals surface area contributed by atoms with Gasteiger partial charge in [0.05, 0.1) is 16.9 Å². The Morgan fingerprint density at radius 2 is 1.88 bits per heavy atom. The molecule has 0 aliphatic carbocycles. The van der Waals surface area contributed by atoms with Crippen LogP contribution in [-0.2, 0) is 0 Å². The average Bonchev–Trinajstić information content (AvgIpc) is 3.30. The van der Waals surface area contributed by atoms with Crippen molar-refractivity contribution in [2.75, 3.05) is 0 Å². The maximum absolute atomic E-state index is 4.84.